The number of amides is 1. The third-order valence-electron chi connectivity index (χ3n) is 5.39. The van der Waals surface area contributed by atoms with E-state index in [-0.39, 0.29) is 5.91 Å². The highest BCUT2D eigenvalue weighted by atomic mass is 16.3. The summed E-state index contributed by atoms with van der Waals surface area (Å²) in [4.78, 5) is 12.1. The van der Waals surface area contributed by atoms with Crippen molar-refractivity contribution in [3.05, 3.63) is 60.8 Å². The van der Waals surface area contributed by atoms with Crippen LogP contribution in [0.3, 0.4) is 0 Å². The molecule has 0 radical (unpaired) electrons. The minimum absolute atomic E-state index is 0.113. The SMILES string of the molecule is CCCC=CC=CC=CC=CCCC=CC(=O)NCC(O)(CCCCC)CCCCCC. The van der Waals surface area contributed by atoms with E-state index in [1.165, 1.54) is 19.3 Å². The lowest BCUT2D eigenvalue weighted by molar-refractivity contribution is -0.118. The van der Waals surface area contributed by atoms with Gasteiger partial charge in [-0.25, -0.2) is 0 Å². The van der Waals surface area contributed by atoms with E-state index in [2.05, 4.69) is 44.3 Å². The first kappa shape index (κ1) is 30.1. The summed E-state index contributed by atoms with van der Waals surface area (Å²) in [5.74, 6) is -0.113. The molecule has 3 heteroatoms. The summed E-state index contributed by atoms with van der Waals surface area (Å²) < 4.78 is 0. The van der Waals surface area contributed by atoms with Gasteiger partial charge in [-0.1, -0.05) is 127 Å². The Bertz CT molecular complexity index is 586. The molecular weight excluding hydrogens is 394 g/mol. The van der Waals surface area contributed by atoms with Crippen LogP contribution in [0.1, 0.15) is 104 Å². The monoisotopic (exact) mass is 443 g/mol. The van der Waals surface area contributed by atoms with E-state index >= 15 is 0 Å². The zero-order chi connectivity index (χ0) is 23.8. The van der Waals surface area contributed by atoms with Gasteiger partial charge in [-0.15, -0.1) is 0 Å². The number of nitrogens with one attached hydrogen (secondary N) is 1. The second-order valence-corrected chi connectivity index (χ2v) is 8.60. The molecule has 0 aliphatic carbocycles. The summed E-state index contributed by atoms with van der Waals surface area (Å²) in [6, 6.07) is 0. The molecule has 1 atom stereocenters. The van der Waals surface area contributed by atoms with E-state index in [1.54, 1.807) is 6.08 Å². The van der Waals surface area contributed by atoms with Gasteiger partial charge in [0.25, 0.3) is 0 Å². The smallest absolute Gasteiger partial charge is 0.243 e. The Labute approximate surface area is 198 Å². The van der Waals surface area contributed by atoms with Crippen LogP contribution >= 0.6 is 0 Å². The van der Waals surface area contributed by atoms with E-state index in [9.17, 15) is 9.90 Å². The predicted molar refractivity (Wildman–Crippen MR) is 141 cm³/mol. The molecule has 0 fully saturated rings. The summed E-state index contributed by atoms with van der Waals surface area (Å²) in [6.45, 7) is 6.88. The van der Waals surface area contributed by atoms with Crippen LogP contribution in [0.4, 0.5) is 0 Å². The molecule has 0 saturated heterocycles. The van der Waals surface area contributed by atoms with Crippen LogP contribution < -0.4 is 5.32 Å². The predicted octanol–water partition coefficient (Wildman–Crippen LogP) is 7.75. The maximum Gasteiger partial charge on any atom is 0.243 e. The molecule has 2 N–H and O–H groups in total. The van der Waals surface area contributed by atoms with Gasteiger partial charge in [0.1, 0.15) is 0 Å². The second-order valence-electron chi connectivity index (χ2n) is 8.60. The average molecular weight is 444 g/mol. The summed E-state index contributed by atoms with van der Waals surface area (Å²) in [5.41, 5.74) is -0.776. The van der Waals surface area contributed by atoms with Gasteiger partial charge in [-0.3, -0.25) is 4.79 Å². The summed E-state index contributed by atoms with van der Waals surface area (Å²) in [5, 5.41) is 13.9. The molecule has 0 aromatic heterocycles. The van der Waals surface area contributed by atoms with Crippen molar-refractivity contribution in [1.82, 2.24) is 5.32 Å². The van der Waals surface area contributed by atoms with Gasteiger partial charge >= 0.3 is 0 Å². The Balaban J connectivity index is 4.19. The van der Waals surface area contributed by atoms with Gasteiger partial charge in [0.15, 0.2) is 0 Å². The maximum absolute atomic E-state index is 12.1. The van der Waals surface area contributed by atoms with Crippen LogP contribution in [0.5, 0.6) is 0 Å². The van der Waals surface area contributed by atoms with Crippen LogP contribution in [0.15, 0.2) is 60.8 Å². The first-order valence-electron chi connectivity index (χ1n) is 12.9. The Morgan fingerprint density at radius 3 is 1.84 bits per heavy atom. The number of rotatable bonds is 20. The minimum Gasteiger partial charge on any atom is -0.388 e. The molecule has 0 rings (SSSR count). The van der Waals surface area contributed by atoms with Gasteiger partial charge in [0, 0.05) is 6.54 Å². The Morgan fingerprint density at radius 2 is 1.22 bits per heavy atom. The lowest BCUT2D eigenvalue weighted by Gasteiger charge is -2.28. The van der Waals surface area contributed by atoms with Gasteiger partial charge < -0.3 is 10.4 Å². The van der Waals surface area contributed by atoms with Crippen molar-refractivity contribution in [2.24, 2.45) is 0 Å². The number of unbranched alkanes of at least 4 members (excludes halogenated alkanes) is 7. The van der Waals surface area contributed by atoms with E-state index in [1.807, 2.05) is 36.5 Å². The molecule has 0 heterocycles. The largest absolute Gasteiger partial charge is 0.388 e. The topological polar surface area (TPSA) is 49.3 Å². The molecule has 0 aliphatic heterocycles. The first-order chi connectivity index (χ1) is 15.6. The lowest BCUT2D eigenvalue weighted by atomic mass is 9.90. The molecule has 0 aromatic carbocycles. The van der Waals surface area contributed by atoms with Crippen molar-refractivity contribution < 1.29 is 9.90 Å². The molecule has 32 heavy (non-hydrogen) atoms. The van der Waals surface area contributed by atoms with Crippen LogP contribution in [-0.4, -0.2) is 23.2 Å². The number of carbonyl (C=O) groups is 1. The molecular formula is C29H49NO2. The third-order valence-corrected chi connectivity index (χ3v) is 5.39. The van der Waals surface area contributed by atoms with Crippen molar-refractivity contribution in [2.75, 3.05) is 6.54 Å². The van der Waals surface area contributed by atoms with Gasteiger partial charge in [-0.05, 0) is 38.2 Å². The number of hydrogen-bond donors (Lipinski definition) is 2. The van der Waals surface area contributed by atoms with E-state index in [4.69, 9.17) is 0 Å². The van der Waals surface area contributed by atoms with Crippen molar-refractivity contribution in [2.45, 2.75) is 110 Å². The quantitative estimate of drug-likeness (QED) is 0.115. The van der Waals surface area contributed by atoms with Crippen molar-refractivity contribution in [1.29, 1.82) is 0 Å². The molecule has 0 aliphatic rings. The van der Waals surface area contributed by atoms with E-state index in [0.29, 0.717) is 6.54 Å². The fraction of sp³-hybridized carbons (Fsp3) is 0.621. The highest BCUT2D eigenvalue weighted by Crippen LogP contribution is 2.22. The number of hydrogen-bond acceptors (Lipinski definition) is 2. The number of aliphatic hydroxyl groups is 1. The molecule has 3 nitrogen and oxygen atoms in total. The van der Waals surface area contributed by atoms with Crippen LogP contribution in [0.25, 0.3) is 0 Å². The molecule has 0 aromatic rings. The summed E-state index contributed by atoms with van der Waals surface area (Å²) >= 11 is 0. The van der Waals surface area contributed by atoms with E-state index < -0.39 is 5.60 Å². The number of allylic oxidation sites excluding steroid dienone is 9. The van der Waals surface area contributed by atoms with Crippen molar-refractivity contribution in [3.63, 3.8) is 0 Å². The first-order valence-corrected chi connectivity index (χ1v) is 12.9. The van der Waals surface area contributed by atoms with Crippen LogP contribution in [0, 0.1) is 0 Å². The molecule has 0 spiro atoms. The maximum atomic E-state index is 12.1. The molecule has 0 bridgehead atoms. The standard InChI is InChI=1S/C29H49NO2/c1-4-7-10-12-13-14-15-16-17-18-19-20-21-24-28(31)30-27-29(32,25-22-9-6-3)26-23-11-8-5-2/h10,12-18,21,24,32H,4-9,11,19-20,22-23,25-27H2,1-3H3,(H,30,31). The van der Waals surface area contributed by atoms with Gasteiger partial charge in [0.2, 0.25) is 5.91 Å². The molecule has 1 amide bonds. The molecule has 0 saturated carbocycles. The Kier molecular flexibility index (Phi) is 21.0. The number of carbonyl (C=O) groups excluding carboxylic acids is 1. The fourth-order valence-corrected chi connectivity index (χ4v) is 3.35. The highest BCUT2D eigenvalue weighted by molar-refractivity contribution is 5.87. The summed E-state index contributed by atoms with van der Waals surface area (Å²) in [7, 11) is 0. The van der Waals surface area contributed by atoms with E-state index in [0.717, 1.165) is 64.2 Å². The van der Waals surface area contributed by atoms with Crippen molar-refractivity contribution in [3.8, 4) is 0 Å². The highest BCUT2D eigenvalue weighted by Gasteiger charge is 2.26. The third kappa shape index (κ3) is 20.1. The Hall–Kier alpha value is -1.87. The molecule has 1 unspecified atom stereocenters. The zero-order valence-electron chi connectivity index (χ0n) is 21.0. The Morgan fingerprint density at radius 1 is 0.688 bits per heavy atom. The fourth-order valence-electron chi connectivity index (χ4n) is 3.35. The van der Waals surface area contributed by atoms with Gasteiger partial charge in [0.05, 0.1) is 5.60 Å². The van der Waals surface area contributed by atoms with Crippen molar-refractivity contribution >= 4 is 5.91 Å². The van der Waals surface area contributed by atoms with Gasteiger partial charge in [-0.2, -0.15) is 0 Å². The minimum atomic E-state index is -0.776. The average Bonchev–Trinajstić information content (AvgIpc) is 2.79. The lowest BCUT2D eigenvalue weighted by Crippen LogP contribution is -2.42. The normalized spacial score (nSPS) is 14.5. The summed E-state index contributed by atoms with van der Waals surface area (Å²) in [6.07, 6.45) is 33.4. The van der Waals surface area contributed by atoms with Crippen LogP contribution in [0.2, 0.25) is 0 Å². The molecule has 182 valence electrons. The zero-order valence-corrected chi connectivity index (χ0v) is 21.0. The van der Waals surface area contributed by atoms with Crippen LogP contribution in [-0.2, 0) is 4.79 Å². The second kappa shape index (κ2) is 22.3.